The Morgan fingerprint density at radius 3 is 2.65 bits per heavy atom. The first-order valence-corrected chi connectivity index (χ1v) is 5.24. The summed E-state index contributed by atoms with van der Waals surface area (Å²) in [5.74, 6) is 0.635. The zero-order chi connectivity index (χ0) is 12.4. The Morgan fingerprint density at radius 2 is 1.82 bits per heavy atom. The third kappa shape index (κ3) is 1.80. The summed E-state index contributed by atoms with van der Waals surface area (Å²) in [5, 5.41) is 7.99. The van der Waals surface area contributed by atoms with Gasteiger partial charge in [-0.1, -0.05) is 24.3 Å². The van der Waals surface area contributed by atoms with Crippen LogP contribution in [-0.4, -0.2) is 19.7 Å². The van der Waals surface area contributed by atoms with Crippen LogP contribution in [0.1, 0.15) is 1.37 Å². The molecule has 0 atom stereocenters. The third-order valence-electron chi connectivity index (χ3n) is 2.42. The van der Waals surface area contributed by atoms with Gasteiger partial charge in [-0.25, -0.2) is 0 Å². The second-order valence-electron chi connectivity index (χ2n) is 3.51. The smallest absolute Gasteiger partial charge is 0.186 e. The van der Waals surface area contributed by atoms with Gasteiger partial charge in [0.1, 0.15) is 12.0 Å². The van der Waals surface area contributed by atoms with Crippen LogP contribution in [0.25, 0.3) is 17.2 Å². The van der Waals surface area contributed by atoms with Crippen LogP contribution in [0.4, 0.5) is 0 Å². The van der Waals surface area contributed by atoms with E-state index in [4.69, 9.17) is 1.37 Å². The van der Waals surface area contributed by atoms with Crippen LogP contribution in [0.15, 0.2) is 61.0 Å². The second-order valence-corrected chi connectivity index (χ2v) is 3.51. The summed E-state index contributed by atoms with van der Waals surface area (Å²) in [6.45, 7) is 0. The van der Waals surface area contributed by atoms with Gasteiger partial charge in [-0.05, 0) is 24.3 Å². The minimum Gasteiger partial charge on any atom is -0.280 e. The number of para-hydroxylation sites is 1. The maximum atomic E-state index is 7.54. The number of hydrogen-bond donors (Lipinski definition) is 0. The van der Waals surface area contributed by atoms with Crippen LogP contribution < -0.4 is 0 Å². The largest absolute Gasteiger partial charge is 0.280 e. The molecular weight excluding hydrogens is 212 g/mol. The molecule has 0 N–H and O–H groups in total. The highest BCUT2D eigenvalue weighted by molar-refractivity contribution is 5.52. The van der Waals surface area contributed by atoms with Crippen LogP contribution in [0.3, 0.4) is 0 Å². The molecule has 1 aromatic carbocycles. The summed E-state index contributed by atoms with van der Waals surface area (Å²) in [6.07, 6.45) is 1.86. The van der Waals surface area contributed by atoms with Gasteiger partial charge in [0, 0.05) is 11.9 Å². The fourth-order valence-corrected chi connectivity index (χ4v) is 1.64. The molecule has 0 aliphatic rings. The quantitative estimate of drug-likeness (QED) is 0.669. The number of hydrogen-bond acceptors (Lipinski definition) is 3. The number of benzene rings is 1. The molecule has 0 aliphatic carbocycles. The Morgan fingerprint density at radius 1 is 1.00 bits per heavy atom. The molecule has 2 aromatic heterocycles. The van der Waals surface area contributed by atoms with Crippen molar-refractivity contribution in [2.45, 2.75) is 0 Å². The maximum Gasteiger partial charge on any atom is 0.186 e. The van der Waals surface area contributed by atoms with Gasteiger partial charge in [0.2, 0.25) is 0 Å². The summed E-state index contributed by atoms with van der Waals surface area (Å²) < 4.78 is 9.39. The predicted octanol–water partition coefficient (Wildman–Crippen LogP) is 2.33. The lowest BCUT2D eigenvalue weighted by molar-refractivity contribution is 1.05. The van der Waals surface area contributed by atoms with Crippen LogP contribution in [-0.2, 0) is 0 Å². The van der Waals surface area contributed by atoms with Crippen molar-refractivity contribution in [3.63, 3.8) is 0 Å². The van der Waals surface area contributed by atoms with Gasteiger partial charge >= 0.3 is 0 Å². The number of rotatable bonds is 2. The number of pyridine rings is 1. The predicted molar refractivity (Wildman–Crippen MR) is 64.6 cm³/mol. The highest BCUT2D eigenvalue weighted by Crippen LogP contribution is 2.17. The molecule has 0 radical (unpaired) electrons. The van der Waals surface area contributed by atoms with Crippen molar-refractivity contribution in [2.75, 3.05) is 0 Å². The van der Waals surface area contributed by atoms with Crippen LogP contribution >= 0.6 is 0 Å². The summed E-state index contributed by atoms with van der Waals surface area (Å²) in [6, 6.07) is 15.0. The summed E-state index contributed by atoms with van der Waals surface area (Å²) >= 11 is 0. The molecule has 3 aromatic rings. The van der Waals surface area contributed by atoms with E-state index < -0.39 is 0 Å². The molecule has 0 saturated heterocycles. The van der Waals surface area contributed by atoms with Crippen molar-refractivity contribution in [1.29, 1.82) is 0 Å². The lowest BCUT2D eigenvalue weighted by atomic mass is 10.3. The van der Waals surface area contributed by atoms with Crippen LogP contribution in [0.5, 0.6) is 0 Å². The van der Waals surface area contributed by atoms with E-state index in [0.717, 1.165) is 5.69 Å². The molecule has 0 aliphatic heterocycles. The number of aromatic nitrogens is 4. The van der Waals surface area contributed by atoms with Crippen LogP contribution in [0, 0.1) is 0 Å². The minimum atomic E-state index is 0.218. The zero-order valence-electron chi connectivity index (χ0n) is 9.99. The topological polar surface area (TPSA) is 43.6 Å². The van der Waals surface area contributed by atoms with Gasteiger partial charge < -0.3 is 0 Å². The Labute approximate surface area is 100.0 Å². The van der Waals surface area contributed by atoms with Crippen molar-refractivity contribution in [3.8, 4) is 17.2 Å². The summed E-state index contributed by atoms with van der Waals surface area (Å²) in [4.78, 5) is 4.15. The van der Waals surface area contributed by atoms with E-state index in [1.807, 2.05) is 41.0 Å². The van der Waals surface area contributed by atoms with Crippen molar-refractivity contribution < 1.29 is 1.37 Å². The van der Waals surface area contributed by atoms with E-state index in [9.17, 15) is 0 Å². The first-order chi connectivity index (χ1) is 8.84. The highest BCUT2D eigenvalue weighted by atomic mass is 15.3. The Kier molecular flexibility index (Phi) is 2.12. The first kappa shape index (κ1) is 8.64. The molecule has 0 fully saturated rings. The zero-order valence-corrected chi connectivity index (χ0v) is 8.99. The Hall–Kier alpha value is -2.49. The van der Waals surface area contributed by atoms with Gasteiger partial charge in [-0.15, -0.1) is 10.2 Å². The number of nitrogens with zero attached hydrogens (tertiary/aromatic N) is 4. The van der Waals surface area contributed by atoms with Gasteiger partial charge in [-0.3, -0.25) is 9.55 Å². The average molecular weight is 223 g/mol. The first-order valence-electron chi connectivity index (χ1n) is 5.74. The van der Waals surface area contributed by atoms with Crippen molar-refractivity contribution in [3.05, 3.63) is 61.0 Å². The van der Waals surface area contributed by atoms with E-state index >= 15 is 0 Å². The van der Waals surface area contributed by atoms with E-state index in [0.29, 0.717) is 11.5 Å². The second kappa shape index (κ2) is 4.17. The van der Waals surface area contributed by atoms with Crippen molar-refractivity contribution in [2.24, 2.45) is 0 Å². The van der Waals surface area contributed by atoms with E-state index in [1.54, 1.807) is 18.5 Å². The molecule has 17 heavy (non-hydrogen) atoms. The van der Waals surface area contributed by atoms with Crippen molar-refractivity contribution in [1.82, 2.24) is 19.7 Å². The lowest BCUT2D eigenvalue weighted by Crippen LogP contribution is -1.96. The fourth-order valence-electron chi connectivity index (χ4n) is 1.64. The van der Waals surface area contributed by atoms with Gasteiger partial charge in [0.15, 0.2) is 5.82 Å². The molecular formula is C13H10N4. The molecule has 4 heteroatoms. The summed E-state index contributed by atoms with van der Waals surface area (Å²) in [5.41, 5.74) is 1.61. The Balaban J connectivity index is 2.13. The molecule has 0 saturated carbocycles. The molecule has 0 unspecified atom stereocenters. The minimum absolute atomic E-state index is 0.218. The third-order valence-corrected chi connectivity index (χ3v) is 2.42. The van der Waals surface area contributed by atoms with Crippen molar-refractivity contribution >= 4 is 0 Å². The molecule has 0 bridgehead atoms. The van der Waals surface area contributed by atoms with Gasteiger partial charge in [0.25, 0.3) is 0 Å². The molecule has 0 amide bonds. The highest BCUT2D eigenvalue weighted by Gasteiger charge is 2.08. The van der Waals surface area contributed by atoms with E-state index in [1.165, 1.54) is 0 Å². The van der Waals surface area contributed by atoms with Crippen LogP contribution in [0.2, 0.25) is 0 Å². The molecule has 0 spiro atoms. The summed E-state index contributed by atoms with van der Waals surface area (Å²) in [7, 11) is 0. The fraction of sp³-hybridized carbons (Fsp3) is 0. The van der Waals surface area contributed by atoms with E-state index in [2.05, 4.69) is 15.2 Å². The molecule has 4 nitrogen and oxygen atoms in total. The van der Waals surface area contributed by atoms with Gasteiger partial charge in [0.05, 0.1) is 1.37 Å². The maximum absolute atomic E-state index is 7.54. The molecule has 3 rings (SSSR count). The standard InChI is InChI=1S/C13H10N4/c1-2-6-11(7-3-1)17-10-15-16-13(17)12-8-4-5-9-14-12/h1-10H/i9D. The normalized spacial score (nSPS) is 11.2. The Bertz CT molecular complexity index is 664. The molecule has 82 valence electrons. The van der Waals surface area contributed by atoms with E-state index in [-0.39, 0.29) is 6.17 Å². The lowest BCUT2D eigenvalue weighted by Gasteiger charge is -2.05. The SMILES string of the molecule is [2H]c1cccc(-c2nncn2-c2ccccc2)n1. The monoisotopic (exact) mass is 223 g/mol. The van der Waals surface area contributed by atoms with Gasteiger partial charge in [-0.2, -0.15) is 0 Å². The average Bonchev–Trinajstić information content (AvgIpc) is 2.89. The molecule has 2 heterocycles.